The predicted molar refractivity (Wildman–Crippen MR) is 122 cm³/mol. The van der Waals surface area contributed by atoms with Gasteiger partial charge in [0.15, 0.2) is 0 Å². The lowest BCUT2D eigenvalue weighted by Crippen LogP contribution is -1.87. The summed E-state index contributed by atoms with van der Waals surface area (Å²) in [7, 11) is 0. The van der Waals surface area contributed by atoms with E-state index in [1.807, 2.05) is 0 Å². The highest BCUT2D eigenvalue weighted by atomic mass is 14.0. The average molecular weight is 365 g/mol. The molecule has 0 amide bonds. The van der Waals surface area contributed by atoms with Crippen molar-refractivity contribution in [3.05, 3.63) is 60.2 Å². The maximum atomic E-state index is 2.41. The number of allylic oxidation sites excluding steroid dienone is 2. The molecule has 0 saturated heterocycles. The van der Waals surface area contributed by atoms with Crippen molar-refractivity contribution >= 4 is 10.8 Å². The van der Waals surface area contributed by atoms with Crippen molar-refractivity contribution in [3.63, 3.8) is 0 Å². The Morgan fingerprint density at radius 2 is 1.19 bits per heavy atom. The maximum Gasteiger partial charge on any atom is -0.0181 e. The van der Waals surface area contributed by atoms with Crippen molar-refractivity contribution in [1.29, 1.82) is 0 Å². The molecule has 0 heterocycles. The van der Waals surface area contributed by atoms with Crippen LogP contribution in [0.1, 0.15) is 96.0 Å². The first-order chi connectivity index (χ1) is 13.4. The Morgan fingerprint density at radius 3 is 1.89 bits per heavy atom. The fourth-order valence-corrected chi connectivity index (χ4v) is 3.79. The first-order valence-corrected chi connectivity index (χ1v) is 11.5. The first-order valence-electron chi connectivity index (χ1n) is 11.5. The molecule has 0 aliphatic rings. The van der Waals surface area contributed by atoms with Crippen molar-refractivity contribution in [3.8, 4) is 0 Å². The van der Waals surface area contributed by atoms with Gasteiger partial charge in [0.2, 0.25) is 0 Å². The van der Waals surface area contributed by atoms with E-state index in [2.05, 4.69) is 61.5 Å². The second-order valence-electron chi connectivity index (χ2n) is 8.02. The zero-order valence-electron chi connectivity index (χ0n) is 17.6. The van der Waals surface area contributed by atoms with Crippen LogP contribution in [0.25, 0.3) is 10.8 Å². The minimum atomic E-state index is 1.23. The molecule has 2 rings (SSSR count). The van der Waals surface area contributed by atoms with E-state index in [9.17, 15) is 0 Å². The number of benzene rings is 2. The molecular formula is C27H40. The summed E-state index contributed by atoms with van der Waals surface area (Å²) in [6.45, 7) is 2.28. The number of hydrogen-bond donors (Lipinski definition) is 0. The number of fused-ring (bicyclic) bond motifs is 1. The Balaban J connectivity index is 1.41. The summed E-state index contributed by atoms with van der Waals surface area (Å²) in [5.41, 5.74) is 1.50. The molecule has 2 aromatic rings. The summed E-state index contributed by atoms with van der Waals surface area (Å²) in [6.07, 6.45) is 23.9. The monoisotopic (exact) mass is 364 g/mol. The summed E-state index contributed by atoms with van der Waals surface area (Å²) >= 11 is 0. The van der Waals surface area contributed by atoms with Gasteiger partial charge in [0.05, 0.1) is 0 Å². The molecule has 148 valence electrons. The quantitative estimate of drug-likeness (QED) is 0.218. The zero-order valence-corrected chi connectivity index (χ0v) is 17.6. The molecule has 0 unspecified atom stereocenters. The van der Waals surface area contributed by atoms with Gasteiger partial charge in [-0.15, -0.1) is 0 Å². The van der Waals surface area contributed by atoms with Crippen LogP contribution in [0.5, 0.6) is 0 Å². The van der Waals surface area contributed by atoms with Gasteiger partial charge in [-0.05, 0) is 54.9 Å². The molecule has 2 aromatic carbocycles. The van der Waals surface area contributed by atoms with Crippen LogP contribution in [0.3, 0.4) is 0 Å². The van der Waals surface area contributed by atoms with E-state index in [0.29, 0.717) is 0 Å². The third-order valence-corrected chi connectivity index (χ3v) is 5.54. The standard InChI is InChI=1S/C27H40/c1-2-3-4-5-6-7-8-9-10-11-12-13-14-15-16-19-25-22-23-26-20-17-18-21-27(26)24-25/h7-8,17-18,20-24H,2-6,9-16,19H2,1H3/b8-7+. The minimum absolute atomic E-state index is 1.23. The minimum Gasteiger partial charge on any atom is -0.0885 e. The van der Waals surface area contributed by atoms with Crippen LogP contribution in [0.15, 0.2) is 54.6 Å². The Hall–Kier alpha value is -1.56. The summed E-state index contributed by atoms with van der Waals surface area (Å²) in [4.78, 5) is 0. The third kappa shape index (κ3) is 9.80. The highest BCUT2D eigenvalue weighted by Crippen LogP contribution is 2.18. The van der Waals surface area contributed by atoms with Crippen LogP contribution >= 0.6 is 0 Å². The second kappa shape index (κ2) is 14.5. The molecule has 0 radical (unpaired) electrons. The molecule has 0 heteroatoms. The molecule has 0 N–H and O–H groups in total. The molecule has 0 spiro atoms. The lowest BCUT2D eigenvalue weighted by molar-refractivity contribution is 0.581. The second-order valence-corrected chi connectivity index (χ2v) is 8.02. The fraction of sp³-hybridized carbons (Fsp3) is 0.556. The van der Waals surface area contributed by atoms with E-state index in [0.717, 1.165) is 0 Å². The van der Waals surface area contributed by atoms with Gasteiger partial charge >= 0.3 is 0 Å². The third-order valence-electron chi connectivity index (χ3n) is 5.54. The fourth-order valence-electron chi connectivity index (χ4n) is 3.79. The molecule has 0 nitrogen and oxygen atoms in total. The van der Waals surface area contributed by atoms with Crippen molar-refractivity contribution in [2.45, 2.75) is 96.8 Å². The van der Waals surface area contributed by atoms with Gasteiger partial charge in [0.1, 0.15) is 0 Å². The van der Waals surface area contributed by atoms with Crippen LogP contribution in [0, 0.1) is 0 Å². The Kier molecular flexibility index (Phi) is 11.7. The molecule has 0 aliphatic carbocycles. The van der Waals surface area contributed by atoms with Gasteiger partial charge in [0, 0.05) is 0 Å². The summed E-state index contributed by atoms with van der Waals surface area (Å²) < 4.78 is 0. The van der Waals surface area contributed by atoms with Gasteiger partial charge < -0.3 is 0 Å². The van der Waals surface area contributed by atoms with Crippen LogP contribution in [0.2, 0.25) is 0 Å². The van der Waals surface area contributed by atoms with E-state index in [1.165, 1.54) is 106 Å². The van der Waals surface area contributed by atoms with Crippen molar-refractivity contribution in [2.75, 3.05) is 0 Å². The zero-order chi connectivity index (χ0) is 19.0. The normalized spacial score (nSPS) is 11.6. The smallest absolute Gasteiger partial charge is 0.0181 e. The topological polar surface area (TPSA) is 0 Å². The number of rotatable bonds is 15. The van der Waals surface area contributed by atoms with Gasteiger partial charge in [0.25, 0.3) is 0 Å². The van der Waals surface area contributed by atoms with Gasteiger partial charge in [-0.25, -0.2) is 0 Å². The van der Waals surface area contributed by atoms with E-state index in [-0.39, 0.29) is 0 Å². The summed E-state index contributed by atoms with van der Waals surface area (Å²) in [5.74, 6) is 0. The van der Waals surface area contributed by atoms with E-state index in [1.54, 1.807) is 0 Å². The molecule has 0 saturated carbocycles. The number of hydrogen-bond acceptors (Lipinski definition) is 0. The van der Waals surface area contributed by atoms with Crippen molar-refractivity contribution in [1.82, 2.24) is 0 Å². The van der Waals surface area contributed by atoms with Gasteiger partial charge in [-0.2, -0.15) is 0 Å². The van der Waals surface area contributed by atoms with Crippen LogP contribution in [-0.4, -0.2) is 0 Å². The highest BCUT2D eigenvalue weighted by molar-refractivity contribution is 5.82. The van der Waals surface area contributed by atoms with E-state index >= 15 is 0 Å². The Morgan fingerprint density at radius 1 is 0.593 bits per heavy atom. The van der Waals surface area contributed by atoms with Crippen LogP contribution < -0.4 is 0 Å². The Bertz CT molecular complexity index is 637. The van der Waals surface area contributed by atoms with E-state index < -0.39 is 0 Å². The van der Waals surface area contributed by atoms with Crippen molar-refractivity contribution < 1.29 is 0 Å². The molecule has 0 bridgehead atoms. The molecule has 0 fully saturated rings. The van der Waals surface area contributed by atoms with Crippen LogP contribution in [-0.2, 0) is 6.42 Å². The summed E-state index contributed by atoms with van der Waals surface area (Å²) in [6, 6.07) is 15.6. The van der Waals surface area contributed by atoms with Crippen LogP contribution in [0.4, 0.5) is 0 Å². The number of aryl methyl sites for hydroxylation is 1. The SMILES string of the molecule is CCCCCC/C=C/CCCCCCCCCc1ccc2ccccc2c1. The predicted octanol–water partition coefficient (Wildman–Crippen LogP) is 9.03. The molecule has 0 atom stereocenters. The van der Waals surface area contributed by atoms with Gasteiger partial charge in [-0.1, -0.05) is 113 Å². The maximum absolute atomic E-state index is 2.41. The lowest BCUT2D eigenvalue weighted by Gasteiger charge is -2.04. The Labute approximate surface area is 168 Å². The highest BCUT2D eigenvalue weighted by Gasteiger charge is 1.97. The molecule has 27 heavy (non-hydrogen) atoms. The van der Waals surface area contributed by atoms with Gasteiger partial charge in [-0.3, -0.25) is 0 Å². The van der Waals surface area contributed by atoms with Crippen molar-refractivity contribution in [2.24, 2.45) is 0 Å². The lowest BCUT2D eigenvalue weighted by atomic mass is 10.0. The molecule has 0 aromatic heterocycles. The van der Waals surface area contributed by atoms with E-state index in [4.69, 9.17) is 0 Å². The molecule has 0 aliphatic heterocycles. The largest absolute Gasteiger partial charge is 0.0885 e. The average Bonchev–Trinajstić information content (AvgIpc) is 2.71. The summed E-state index contributed by atoms with van der Waals surface area (Å²) in [5, 5.41) is 2.73. The molecular weight excluding hydrogens is 324 g/mol. The number of unbranched alkanes of at least 4 members (excludes halogenated alkanes) is 11. The first kappa shape index (κ1) is 21.7.